The highest BCUT2D eigenvalue weighted by Crippen LogP contribution is 2.27. The molecule has 0 saturated carbocycles. The number of hydrogen-bond acceptors (Lipinski definition) is 4. The number of rotatable bonds is 8. The number of aryl methyl sites for hydroxylation is 1. The number of carbonyl (C=O) groups is 1. The minimum absolute atomic E-state index is 0.142. The Morgan fingerprint density at radius 1 is 1.18 bits per heavy atom. The first-order chi connectivity index (χ1) is 13.6. The SMILES string of the molecule is CCn1ccc(C(=O)/C=C/c2ccc(OC)c(COc3ccccc3Cl)c2)n1. The van der Waals surface area contributed by atoms with Crippen molar-refractivity contribution in [2.75, 3.05) is 7.11 Å². The van der Waals surface area contributed by atoms with E-state index < -0.39 is 0 Å². The zero-order valence-corrected chi connectivity index (χ0v) is 16.5. The lowest BCUT2D eigenvalue weighted by atomic mass is 10.1. The molecule has 3 rings (SSSR count). The summed E-state index contributed by atoms with van der Waals surface area (Å²) in [5, 5.41) is 4.77. The second kappa shape index (κ2) is 9.24. The fourth-order valence-corrected chi connectivity index (χ4v) is 2.85. The zero-order chi connectivity index (χ0) is 19.9. The molecule has 0 N–H and O–H groups in total. The number of hydrogen-bond donors (Lipinski definition) is 0. The molecule has 6 heteroatoms. The van der Waals surface area contributed by atoms with Crippen molar-refractivity contribution in [1.29, 1.82) is 0 Å². The van der Waals surface area contributed by atoms with Gasteiger partial charge in [-0.2, -0.15) is 5.10 Å². The molecule has 0 saturated heterocycles. The molecule has 3 aromatic rings. The maximum atomic E-state index is 12.3. The smallest absolute Gasteiger partial charge is 0.206 e. The van der Waals surface area contributed by atoms with E-state index in [1.54, 1.807) is 36.2 Å². The maximum Gasteiger partial charge on any atom is 0.206 e. The summed E-state index contributed by atoms with van der Waals surface area (Å²) in [5.41, 5.74) is 2.14. The predicted molar refractivity (Wildman–Crippen MR) is 110 cm³/mol. The minimum atomic E-state index is -0.142. The minimum Gasteiger partial charge on any atom is -0.496 e. The van der Waals surface area contributed by atoms with Gasteiger partial charge in [-0.3, -0.25) is 9.48 Å². The van der Waals surface area contributed by atoms with E-state index in [-0.39, 0.29) is 5.78 Å². The molecule has 144 valence electrons. The lowest BCUT2D eigenvalue weighted by molar-refractivity contribution is 0.104. The molecule has 0 fully saturated rings. The van der Waals surface area contributed by atoms with E-state index in [9.17, 15) is 4.79 Å². The van der Waals surface area contributed by atoms with Gasteiger partial charge in [-0.05, 0) is 48.9 Å². The van der Waals surface area contributed by atoms with Crippen molar-refractivity contribution in [2.45, 2.75) is 20.1 Å². The molecule has 0 radical (unpaired) electrons. The fourth-order valence-electron chi connectivity index (χ4n) is 2.66. The maximum absolute atomic E-state index is 12.3. The lowest BCUT2D eigenvalue weighted by Crippen LogP contribution is -2.00. The Morgan fingerprint density at radius 3 is 2.71 bits per heavy atom. The summed E-state index contributed by atoms with van der Waals surface area (Å²) in [7, 11) is 1.61. The molecule has 1 aromatic heterocycles. The molecule has 5 nitrogen and oxygen atoms in total. The van der Waals surface area contributed by atoms with Crippen LogP contribution in [0.25, 0.3) is 6.08 Å². The van der Waals surface area contributed by atoms with Crippen molar-refractivity contribution < 1.29 is 14.3 Å². The summed E-state index contributed by atoms with van der Waals surface area (Å²) in [4.78, 5) is 12.3. The van der Waals surface area contributed by atoms with Crippen LogP contribution in [0.2, 0.25) is 5.02 Å². The summed E-state index contributed by atoms with van der Waals surface area (Å²) in [6.45, 7) is 2.99. The van der Waals surface area contributed by atoms with Gasteiger partial charge in [0, 0.05) is 18.3 Å². The number of allylic oxidation sites excluding steroid dienone is 1. The third-order valence-electron chi connectivity index (χ3n) is 4.17. The zero-order valence-electron chi connectivity index (χ0n) is 15.8. The number of carbonyl (C=O) groups excluding carboxylic acids is 1. The molecule has 0 aliphatic heterocycles. The third-order valence-corrected chi connectivity index (χ3v) is 4.48. The predicted octanol–water partition coefficient (Wildman–Crippen LogP) is 5.04. The van der Waals surface area contributed by atoms with Crippen LogP contribution in [0, 0.1) is 0 Å². The summed E-state index contributed by atoms with van der Waals surface area (Å²) >= 11 is 6.14. The number of para-hydroxylation sites is 1. The van der Waals surface area contributed by atoms with Crippen LogP contribution >= 0.6 is 11.6 Å². The van der Waals surface area contributed by atoms with E-state index in [0.717, 1.165) is 17.7 Å². The Balaban J connectivity index is 1.74. The van der Waals surface area contributed by atoms with E-state index in [0.29, 0.717) is 28.8 Å². The Hall–Kier alpha value is -3.05. The van der Waals surface area contributed by atoms with Gasteiger partial charge in [0.25, 0.3) is 0 Å². The van der Waals surface area contributed by atoms with E-state index >= 15 is 0 Å². The van der Waals surface area contributed by atoms with Crippen molar-refractivity contribution in [2.24, 2.45) is 0 Å². The molecular formula is C22H21ClN2O3. The molecule has 0 unspecified atom stereocenters. The molecule has 1 heterocycles. The molecular weight excluding hydrogens is 376 g/mol. The number of halogens is 1. The first kappa shape index (κ1) is 19.7. The van der Waals surface area contributed by atoms with Crippen molar-refractivity contribution in [3.8, 4) is 11.5 Å². The van der Waals surface area contributed by atoms with Gasteiger partial charge in [-0.15, -0.1) is 0 Å². The molecule has 0 atom stereocenters. The molecule has 0 spiro atoms. The Labute approximate surface area is 169 Å². The van der Waals surface area contributed by atoms with E-state index in [2.05, 4.69) is 5.10 Å². The standard InChI is InChI=1S/C22H21ClN2O3/c1-3-25-13-12-19(24-25)20(26)10-8-16-9-11-21(27-2)17(14-16)15-28-22-7-5-4-6-18(22)23/h4-14H,3,15H2,1-2H3/b10-8+. The Kier molecular flexibility index (Phi) is 6.50. The molecule has 0 aliphatic carbocycles. The van der Waals surface area contributed by atoms with Crippen LogP contribution in [0.5, 0.6) is 11.5 Å². The number of aromatic nitrogens is 2. The fraction of sp³-hybridized carbons (Fsp3) is 0.182. The number of nitrogens with zero attached hydrogens (tertiary/aromatic N) is 2. The molecule has 0 aliphatic rings. The molecule has 0 amide bonds. The molecule has 2 aromatic carbocycles. The average Bonchev–Trinajstić information content (AvgIpc) is 3.21. The van der Waals surface area contributed by atoms with E-state index in [4.69, 9.17) is 21.1 Å². The first-order valence-electron chi connectivity index (χ1n) is 8.91. The highest BCUT2D eigenvalue weighted by atomic mass is 35.5. The van der Waals surface area contributed by atoms with Gasteiger partial charge >= 0.3 is 0 Å². The second-order valence-corrected chi connectivity index (χ2v) is 6.45. The van der Waals surface area contributed by atoms with Crippen molar-refractivity contribution >= 4 is 23.5 Å². The van der Waals surface area contributed by atoms with Crippen LogP contribution in [-0.2, 0) is 13.2 Å². The first-order valence-corrected chi connectivity index (χ1v) is 9.28. The number of benzene rings is 2. The van der Waals surface area contributed by atoms with Crippen LogP contribution in [-0.4, -0.2) is 22.7 Å². The van der Waals surface area contributed by atoms with E-state index in [1.165, 1.54) is 6.08 Å². The van der Waals surface area contributed by atoms with E-state index in [1.807, 2.05) is 43.3 Å². The summed E-state index contributed by atoms with van der Waals surface area (Å²) in [5.74, 6) is 1.17. The molecule has 28 heavy (non-hydrogen) atoms. The second-order valence-electron chi connectivity index (χ2n) is 6.04. The largest absolute Gasteiger partial charge is 0.496 e. The van der Waals surface area contributed by atoms with Crippen LogP contribution in [0.3, 0.4) is 0 Å². The summed E-state index contributed by atoms with van der Waals surface area (Å²) < 4.78 is 12.9. The Morgan fingerprint density at radius 2 is 2.00 bits per heavy atom. The van der Waals surface area contributed by atoms with Crippen LogP contribution < -0.4 is 9.47 Å². The van der Waals surface area contributed by atoms with Crippen LogP contribution in [0.4, 0.5) is 0 Å². The van der Waals surface area contributed by atoms with Gasteiger partial charge in [-0.1, -0.05) is 35.9 Å². The topological polar surface area (TPSA) is 53.4 Å². The lowest BCUT2D eigenvalue weighted by Gasteiger charge is -2.12. The van der Waals surface area contributed by atoms with Gasteiger partial charge in [0.15, 0.2) is 0 Å². The highest BCUT2D eigenvalue weighted by Gasteiger charge is 2.08. The molecule has 0 bridgehead atoms. The third kappa shape index (κ3) is 4.81. The van der Waals surface area contributed by atoms with Crippen molar-refractivity contribution in [3.05, 3.63) is 82.6 Å². The van der Waals surface area contributed by atoms with Gasteiger partial charge in [0.2, 0.25) is 5.78 Å². The highest BCUT2D eigenvalue weighted by molar-refractivity contribution is 6.32. The summed E-state index contributed by atoms with van der Waals surface area (Å²) in [6.07, 6.45) is 5.06. The monoisotopic (exact) mass is 396 g/mol. The number of ether oxygens (including phenoxy) is 2. The van der Waals surface area contributed by atoms with Gasteiger partial charge in [-0.25, -0.2) is 0 Å². The van der Waals surface area contributed by atoms with Crippen LogP contribution in [0.15, 0.2) is 60.8 Å². The quantitative estimate of drug-likeness (QED) is 0.395. The Bertz CT molecular complexity index is 995. The van der Waals surface area contributed by atoms with Crippen LogP contribution in [0.1, 0.15) is 28.5 Å². The van der Waals surface area contributed by atoms with Crippen molar-refractivity contribution in [3.63, 3.8) is 0 Å². The number of ketones is 1. The average molecular weight is 397 g/mol. The van der Waals surface area contributed by atoms with Crippen molar-refractivity contribution in [1.82, 2.24) is 9.78 Å². The normalized spacial score (nSPS) is 11.0. The summed E-state index contributed by atoms with van der Waals surface area (Å²) in [6, 6.07) is 14.7. The van der Waals surface area contributed by atoms with Gasteiger partial charge in [0.1, 0.15) is 23.8 Å². The van der Waals surface area contributed by atoms with Gasteiger partial charge < -0.3 is 9.47 Å². The number of methoxy groups -OCH3 is 1. The van der Waals surface area contributed by atoms with Gasteiger partial charge in [0.05, 0.1) is 12.1 Å².